The number of aromatic nitrogens is 1. The van der Waals surface area contributed by atoms with Gasteiger partial charge in [-0.2, -0.15) is 0 Å². The number of aliphatic hydroxyl groups is 1. The molecule has 3 amide bonds. The van der Waals surface area contributed by atoms with E-state index in [0.29, 0.717) is 22.7 Å². The summed E-state index contributed by atoms with van der Waals surface area (Å²) in [5, 5.41) is 13.7. The third-order valence-corrected chi connectivity index (χ3v) is 5.20. The predicted octanol–water partition coefficient (Wildman–Crippen LogP) is 0.812. The first kappa shape index (κ1) is 19.5. The van der Waals surface area contributed by atoms with E-state index in [1.165, 1.54) is 11.8 Å². The molecular formula is C19H18N4O4S. The SMILES string of the molecule is CC(=O)Nc1sc(-c2cccc(C#C[C@]3(O)CCN(C)C3=O)c2)nc1C(N)=O. The molecule has 0 aliphatic carbocycles. The minimum atomic E-state index is -1.68. The molecule has 1 fully saturated rings. The van der Waals surface area contributed by atoms with Crippen LogP contribution in [0.2, 0.25) is 0 Å². The zero-order valence-corrected chi connectivity index (χ0v) is 16.1. The zero-order valence-electron chi connectivity index (χ0n) is 15.3. The van der Waals surface area contributed by atoms with Crippen LogP contribution in [0, 0.1) is 11.8 Å². The molecule has 0 bridgehead atoms. The van der Waals surface area contributed by atoms with Gasteiger partial charge in [0, 0.05) is 38.1 Å². The summed E-state index contributed by atoms with van der Waals surface area (Å²) in [7, 11) is 1.62. The minimum absolute atomic E-state index is 0.0133. The maximum Gasteiger partial charge on any atom is 0.270 e. The third-order valence-electron chi connectivity index (χ3n) is 4.18. The minimum Gasteiger partial charge on any atom is -0.369 e. The molecule has 3 rings (SSSR count). The summed E-state index contributed by atoms with van der Waals surface area (Å²) >= 11 is 1.12. The third kappa shape index (κ3) is 3.88. The molecule has 1 aromatic heterocycles. The Bertz CT molecular complexity index is 1040. The molecule has 1 aromatic carbocycles. The van der Waals surface area contributed by atoms with Gasteiger partial charge in [-0.1, -0.05) is 35.3 Å². The van der Waals surface area contributed by atoms with E-state index in [0.717, 1.165) is 11.3 Å². The van der Waals surface area contributed by atoms with Gasteiger partial charge < -0.3 is 21.1 Å². The average Bonchev–Trinajstić information content (AvgIpc) is 3.17. The van der Waals surface area contributed by atoms with Gasteiger partial charge in [0.2, 0.25) is 11.5 Å². The van der Waals surface area contributed by atoms with E-state index >= 15 is 0 Å². The van der Waals surface area contributed by atoms with Crippen LogP contribution in [0.5, 0.6) is 0 Å². The van der Waals surface area contributed by atoms with Gasteiger partial charge >= 0.3 is 0 Å². The Labute approximate surface area is 165 Å². The number of likely N-dealkylation sites (N-methyl/N-ethyl adjacent to an activating group) is 1. The quantitative estimate of drug-likeness (QED) is 0.660. The van der Waals surface area contributed by atoms with Crippen molar-refractivity contribution in [1.29, 1.82) is 0 Å². The van der Waals surface area contributed by atoms with E-state index in [4.69, 9.17) is 5.73 Å². The highest BCUT2D eigenvalue weighted by molar-refractivity contribution is 7.19. The molecule has 1 aliphatic rings. The van der Waals surface area contributed by atoms with E-state index in [9.17, 15) is 19.5 Å². The molecule has 28 heavy (non-hydrogen) atoms. The van der Waals surface area contributed by atoms with Crippen LogP contribution in [-0.4, -0.2) is 51.9 Å². The molecule has 0 saturated carbocycles. The van der Waals surface area contributed by atoms with Crippen molar-refractivity contribution in [2.45, 2.75) is 18.9 Å². The number of nitrogens with zero attached hydrogens (tertiary/aromatic N) is 2. The van der Waals surface area contributed by atoms with E-state index in [-0.39, 0.29) is 23.0 Å². The number of likely N-dealkylation sites (tertiary alicyclic amines) is 1. The Morgan fingerprint density at radius 2 is 2.18 bits per heavy atom. The van der Waals surface area contributed by atoms with Crippen LogP contribution in [-0.2, 0) is 9.59 Å². The fourth-order valence-electron chi connectivity index (χ4n) is 2.73. The number of primary amides is 1. The van der Waals surface area contributed by atoms with Gasteiger partial charge in [0.1, 0.15) is 10.0 Å². The molecule has 0 unspecified atom stereocenters. The van der Waals surface area contributed by atoms with Crippen molar-refractivity contribution in [2.75, 3.05) is 18.9 Å². The summed E-state index contributed by atoms with van der Waals surface area (Å²) < 4.78 is 0. The molecule has 4 N–H and O–H groups in total. The number of nitrogens with two attached hydrogens (primary N) is 1. The lowest BCUT2D eigenvalue weighted by molar-refractivity contribution is -0.137. The molecular weight excluding hydrogens is 380 g/mol. The van der Waals surface area contributed by atoms with Crippen molar-refractivity contribution in [3.05, 3.63) is 35.5 Å². The van der Waals surface area contributed by atoms with E-state index < -0.39 is 17.4 Å². The molecule has 0 radical (unpaired) electrons. The summed E-state index contributed by atoms with van der Waals surface area (Å²) in [6, 6.07) is 6.98. The first-order valence-electron chi connectivity index (χ1n) is 8.39. The first-order chi connectivity index (χ1) is 13.2. The van der Waals surface area contributed by atoms with E-state index in [1.54, 1.807) is 31.3 Å². The number of anilines is 1. The van der Waals surface area contributed by atoms with Gasteiger partial charge in [-0.05, 0) is 12.1 Å². The van der Waals surface area contributed by atoms with Crippen molar-refractivity contribution in [3.8, 4) is 22.4 Å². The van der Waals surface area contributed by atoms with Crippen LogP contribution < -0.4 is 11.1 Å². The molecule has 2 aromatic rings. The van der Waals surface area contributed by atoms with Crippen molar-refractivity contribution in [2.24, 2.45) is 5.73 Å². The normalized spacial score (nSPS) is 18.5. The maximum absolute atomic E-state index is 12.0. The van der Waals surface area contributed by atoms with Gasteiger partial charge in [-0.15, -0.1) is 0 Å². The Morgan fingerprint density at radius 3 is 2.79 bits per heavy atom. The largest absolute Gasteiger partial charge is 0.369 e. The van der Waals surface area contributed by atoms with Gasteiger partial charge in [0.15, 0.2) is 5.69 Å². The summed E-state index contributed by atoms with van der Waals surface area (Å²) in [5.41, 5.74) is 4.88. The van der Waals surface area contributed by atoms with Gasteiger partial charge in [-0.25, -0.2) is 4.98 Å². The van der Waals surface area contributed by atoms with E-state index in [2.05, 4.69) is 22.1 Å². The first-order valence-corrected chi connectivity index (χ1v) is 9.21. The Balaban J connectivity index is 1.93. The Kier molecular flexibility index (Phi) is 5.18. The van der Waals surface area contributed by atoms with Crippen LogP contribution >= 0.6 is 11.3 Å². The molecule has 2 heterocycles. The highest BCUT2D eigenvalue weighted by atomic mass is 32.1. The number of nitrogens with one attached hydrogen (secondary N) is 1. The second-order valence-electron chi connectivity index (χ2n) is 6.41. The lowest BCUT2D eigenvalue weighted by atomic mass is 10.0. The van der Waals surface area contributed by atoms with E-state index in [1.807, 2.05) is 0 Å². The summed E-state index contributed by atoms with van der Waals surface area (Å²) in [4.78, 5) is 40.6. The monoisotopic (exact) mass is 398 g/mol. The second kappa shape index (κ2) is 7.42. The number of rotatable bonds is 3. The number of hydrogen-bond donors (Lipinski definition) is 3. The molecule has 9 heteroatoms. The number of hydrogen-bond acceptors (Lipinski definition) is 6. The number of carbonyl (C=O) groups is 3. The van der Waals surface area contributed by atoms with Crippen LogP contribution in [0.25, 0.3) is 10.6 Å². The number of amides is 3. The summed E-state index contributed by atoms with van der Waals surface area (Å²) in [5.74, 6) is 4.00. The number of carbonyl (C=O) groups excluding carboxylic acids is 3. The smallest absolute Gasteiger partial charge is 0.270 e. The lowest BCUT2D eigenvalue weighted by Crippen LogP contribution is -2.37. The van der Waals surface area contributed by atoms with Crippen LogP contribution in [0.15, 0.2) is 24.3 Å². The molecule has 0 spiro atoms. The topological polar surface area (TPSA) is 126 Å². The van der Waals surface area contributed by atoms with Gasteiger partial charge in [0.25, 0.3) is 11.8 Å². The van der Waals surface area contributed by atoms with Crippen molar-refractivity contribution >= 4 is 34.1 Å². The molecule has 8 nitrogen and oxygen atoms in total. The number of thiazole rings is 1. The van der Waals surface area contributed by atoms with Crippen molar-refractivity contribution in [1.82, 2.24) is 9.88 Å². The van der Waals surface area contributed by atoms with Gasteiger partial charge in [-0.3, -0.25) is 14.4 Å². The van der Waals surface area contributed by atoms with Crippen LogP contribution in [0.3, 0.4) is 0 Å². The van der Waals surface area contributed by atoms with Crippen LogP contribution in [0.1, 0.15) is 29.4 Å². The predicted molar refractivity (Wildman–Crippen MR) is 104 cm³/mol. The summed E-state index contributed by atoms with van der Waals surface area (Å²) in [6.07, 6.45) is 0.254. The fraction of sp³-hybridized carbons (Fsp3) is 0.263. The fourth-order valence-corrected chi connectivity index (χ4v) is 3.74. The molecule has 1 aliphatic heterocycles. The lowest BCUT2D eigenvalue weighted by Gasteiger charge is -2.13. The molecule has 1 saturated heterocycles. The standard InChI is InChI=1S/C19H18N4O4S/c1-11(24)21-17-14(15(20)25)22-16(28-17)13-5-3-4-12(10-13)6-7-19(27)8-9-23(2)18(19)26/h3-5,10,27H,8-9H2,1-2H3,(H2,20,25)(H,21,24)/t19-/m0/s1. The average molecular weight is 398 g/mol. The molecule has 144 valence electrons. The van der Waals surface area contributed by atoms with Crippen molar-refractivity contribution < 1.29 is 19.5 Å². The van der Waals surface area contributed by atoms with Crippen LogP contribution in [0.4, 0.5) is 5.00 Å². The second-order valence-corrected chi connectivity index (χ2v) is 7.41. The van der Waals surface area contributed by atoms with Crippen molar-refractivity contribution in [3.63, 3.8) is 0 Å². The molecule has 1 atom stereocenters. The summed E-state index contributed by atoms with van der Waals surface area (Å²) in [6.45, 7) is 1.78. The maximum atomic E-state index is 12.0. The van der Waals surface area contributed by atoms with Gasteiger partial charge in [0.05, 0.1) is 0 Å². The zero-order chi connectivity index (χ0) is 20.5. The Hall–Kier alpha value is -3.22. The number of benzene rings is 1. The Morgan fingerprint density at radius 1 is 1.43 bits per heavy atom. The highest BCUT2D eigenvalue weighted by Crippen LogP contribution is 2.32. The highest BCUT2D eigenvalue weighted by Gasteiger charge is 2.42.